The van der Waals surface area contributed by atoms with Gasteiger partial charge >= 0.3 is 0 Å². The average Bonchev–Trinajstić information content (AvgIpc) is 3.83. The summed E-state index contributed by atoms with van der Waals surface area (Å²) in [7, 11) is 0. The highest BCUT2D eigenvalue weighted by atomic mass is 16.6. The van der Waals surface area contributed by atoms with E-state index in [1.54, 1.807) is 5.92 Å². The molecular formula is C35H61O10. The van der Waals surface area contributed by atoms with Crippen molar-refractivity contribution in [2.24, 2.45) is 5.41 Å². The minimum Gasteiger partial charge on any atom is -0.379 e. The van der Waals surface area contributed by atoms with Crippen molar-refractivity contribution in [1.29, 1.82) is 0 Å². The monoisotopic (exact) mass is 641 g/mol. The summed E-state index contributed by atoms with van der Waals surface area (Å²) in [5.41, 5.74) is 0.131. The quantitative estimate of drug-likeness (QED) is 0.0725. The highest BCUT2D eigenvalue weighted by molar-refractivity contribution is 5.07. The van der Waals surface area contributed by atoms with Crippen molar-refractivity contribution in [1.82, 2.24) is 0 Å². The summed E-state index contributed by atoms with van der Waals surface area (Å²) in [5.74, 6) is 1.73. The van der Waals surface area contributed by atoms with Gasteiger partial charge in [0.2, 0.25) is 0 Å². The summed E-state index contributed by atoms with van der Waals surface area (Å²) in [6.45, 7) is 11.9. The van der Waals surface area contributed by atoms with Gasteiger partial charge in [-0.1, -0.05) is 25.7 Å². The molecule has 0 amide bonds. The molecule has 0 N–H and O–H groups in total. The van der Waals surface area contributed by atoms with E-state index in [1.807, 2.05) is 0 Å². The van der Waals surface area contributed by atoms with Crippen molar-refractivity contribution in [3.63, 3.8) is 0 Å². The largest absolute Gasteiger partial charge is 0.379 e. The first-order valence-corrected chi connectivity index (χ1v) is 18.1. The van der Waals surface area contributed by atoms with Crippen LogP contribution in [-0.4, -0.2) is 130 Å². The van der Waals surface area contributed by atoms with Crippen LogP contribution in [0.1, 0.15) is 83.5 Å². The smallest absolute Gasteiger partial charge is 0.104 e. The van der Waals surface area contributed by atoms with Gasteiger partial charge in [0.1, 0.15) is 30.5 Å². The molecule has 0 aromatic rings. The molecule has 45 heavy (non-hydrogen) atoms. The van der Waals surface area contributed by atoms with Gasteiger partial charge < -0.3 is 47.4 Å². The standard InChI is InChI=1S/C35H61O10/c1(5-14-36-19-30-24-41-30)2-9-29(10-3-6-15-37-20-31-25-42-31)35(13-18-40-23-34-28-45-34,12-8-17-39-22-33-27-44-33)11-4-7-16-38-21-32-26-43-32/h30-34H,1-28H2. The molecule has 10 heteroatoms. The minimum atomic E-state index is 0.131. The van der Waals surface area contributed by atoms with Gasteiger partial charge in [-0.25, -0.2) is 0 Å². The van der Waals surface area contributed by atoms with Crippen LogP contribution in [0.25, 0.3) is 0 Å². The zero-order valence-corrected chi connectivity index (χ0v) is 27.8. The second-order valence-corrected chi connectivity index (χ2v) is 13.6. The molecular weight excluding hydrogens is 580 g/mol. The normalized spacial score (nSPS) is 27.5. The summed E-state index contributed by atoms with van der Waals surface area (Å²) in [6.07, 6.45) is 16.3. The summed E-state index contributed by atoms with van der Waals surface area (Å²) in [6, 6.07) is 0. The van der Waals surface area contributed by atoms with Crippen molar-refractivity contribution in [2.75, 3.05) is 99.1 Å². The third-order valence-electron chi connectivity index (χ3n) is 9.43. The number of rotatable bonds is 34. The Labute approximate surface area is 271 Å². The number of epoxide rings is 5. The number of hydrogen-bond donors (Lipinski definition) is 0. The third kappa shape index (κ3) is 17.0. The van der Waals surface area contributed by atoms with Gasteiger partial charge in [0.05, 0.1) is 66.1 Å². The molecule has 5 saturated heterocycles. The van der Waals surface area contributed by atoms with E-state index in [9.17, 15) is 0 Å². The predicted molar refractivity (Wildman–Crippen MR) is 168 cm³/mol. The van der Waals surface area contributed by atoms with Gasteiger partial charge in [-0.15, -0.1) is 0 Å². The van der Waals surface area contributed by atoms with E-state index in [0.717, 1.165) is 150 Å². The van der Waals surface area contributed by atoms with Crippen LogP contribution in [0.15, 0.2) is 0 Å². The molecule has 0 saturated carbocycles. The Kier molecular flexibility index (Phi) is 16.6. The van der Waals surface area contributed by atoms with Crippen molar-refractivity contribution in [3.05, 3.63) is 5.92 Å². The van der Waals surface area contributed by atoms with Gasteiger partial charge in [0, 0.05) is 33.0 Å². The van der Waals surface area contributed by atoms with Gasteiger partial charge in [0.15, 0.2) is 0 Å². The van der Waals surface area contributed by atoms with E-state index in [2.05, 4.69) is 0 Å². The molecule has 0 aromatic heterocycles. The van der Waals surface area contributed by atoms with Gasteiger partial charge in [0.25, 0.3) is 0 Å². The van der Waals surface area contributed by atoms with Crippen LogP contribution in [0, 0.1) is 11.3 Å². The fraction of sp³-hybridized carbons (Fsp3) is 0.971. The SMILES string of the molecule is C(CCOCC1CO1)CC[C](CCCCOCC1CO1)C(CCCCOCC1CO1)(CCCOCC1CO1)CCOCC1CO1. The van der Waals surface area contributed by atoms with Crippen molar-refractivity contribution < 1.29 is 47.4 Å². The minimum absolute atomic E-state index is 0.131. The second-order valence-electron chi connectivity index (χ2n) is 13.6. The zero-order chi connectivity index (χ0) is 30.8. The van der Waals surface area contributed by atoms with Crippen LogP contribution < -0.4 is 0 Å². The molecule has 0 spiro atoms. The molecule has 5 aliphatic rings. The number of ether oxygens (including phenoxy) is 10. The van der Waals surface area contributed by atoms with Crippen molar-refractivity contribution in [2.45, 2.75) is 114 Å². The second kappa shape index (κ2) is 20.9. The summed E-state index contributed by atoms with van der Waals surface area (Å²) in [5, 5.41) is 0. The van der Waals surface area contributed by atoms with Gasteiger partial charge in [-0.3, -0.25) is 0 Å². The van der Waals surface area contributed by atoms with Crippen LogP contribution in [0.3, 0.4) is 0 Å². The highest BCUT2D eigenvalue weighted by Crippen LogP contribution is 2.48. The van der Waals surface area contributed by atoms with Crippen LogP contribution in [0.5, 0.6) is 0 Å². The van der Waals surface area contributed by atoms with Gasteiger partial charge in [-0.2, -0.15) is 0 Å². The molecule has 6 atom stereocenters. The third-order valence-corrected chi connectivity index (χ3v) is 9.43. The number of unbranched alkanes of at least 4 members (excludes halogenated alkanes) is 4. The molecule has 0 aromatic carbocycles. The maximum atomic E-state index is 6.21. The van der Waals surface area contributed by atoms with Crippen LogP contribution in [0.4, 0.5) is 0 Å². The van der Waals surface area contributed by atoms with E-state index in [0.29, 0.717) is 37.1 Å². The fourth-order valence-electron chi connectivity index (χ4n) is 6.17. The maximum absolute atomic E-state index is 6.21. The maximum Gasteiger partial charge on any atom is 0.104 e. The first-order valence-electron chi connectivity index (χ1n) is 18.1. The summed E-state index contributed by atoms with van der Waals surface area (Å²) in [4.78, 5) is 0. The van der Waals surface area contributed by atoms with E-state index in [1.165, 1.54) is 25.7 Å². The Hall–Kier alpha value is -0.400. The summed E-state index contributed by atoms with van der Waals surface area (Å²) < 4.78 is 56.6. The molecule has 5 fully saturated rings. The van der Waals surface area contributed by atoms with Crippen molar-refractivity contribution in [3.8, 4) is 0 Å². The van der Waals surface area contributed by atoms with Gasteiger partial charge in [-0.05, 0) is 69.1 Å². The van der Waals surface area contributed by atoms with E-state index < -0.39 is 0 Å². The molecule has 0 aliphatic carbocycles. The Morgan fingerprint density at radius 2 is 0.756 bits per heavy atom. The lowest BCUT2D eigenvalue weighted by Gasteiger charge is -2.42. The fourth-order valence-corrected chi connectivity index (χ4v) is 6.17. The molecule has 261 valence electrons. The Balaban J connectivity index is 1.15. The average molecular weight is 642 g/mol. The predicted octanol–water partition coefficient (Wildman–Crippen LogP) is 4.70. The molecule has 5 aliphatic heterocycles. The first-order chi connectivity index (χ1) is 22.3. The lowest BCUT2D eigenvalue weighted by molar-refractivity contribution is 0.0598. The molecule has 5 heterocycles. The molecule has 1 radical (unpaired) electrons. The van der Waals surface area contributed by atoms with Crippen molar-refractivity contribution >= 4 is 0 Å². The molecule has 5 rings (SSSR count). The van der Waals surface area contributed by atoms with E-state index in [4.69, 9.17) is 47.4 Å². The lowest BCUT2D eigenvalue weighted by Crippen LogP contribution is -2.32. The van der Waals surface area contributed by atoms with Crippen LogP contribution in [-0.2, 0) is 47.4 Å². The van der Waals surface area contributed by atoms with E-state index >= 15 is 0 Å². The molecule has 0 bridgehead atoms. The van der Waals surface area contributed by atoms with E-state index in [-0.39, 0.29) is 5.41 Å². The Morgan fingerprint density at radius 1 is 0.400 bits per heavy atom. The molecule has 6 unspecified atom stereocenters. The lowest BCUT2D eigenvalue weighted by atomic mass is 9.63. The topological polar surface area (TPSA) is 109 Å². The first kappa shape index (κ1) is 35.9. The highest BCUT2D eigenvalue weighted by Gasteiger charge is 2.38. The van der Waals surface area contributed by atoms with Crippen LogP contribution >= 0.6 is 0 Å². The summed E-state index contributed by atoms with van der Waals surface area (Å²) >= 11 is 0. The number of hydrogen-bond acceptors (Lipinski definition) is 10. The Morgan fingerprint density at radius 3 is 1.22 bits per heavy atom. The molecule has 10 nitrogen and oxygen atoms in total. The zero-order valence-electron chi connectivity index (χ0n) is 27.8. The van der Waals surface area contributed by atoms with Crippen LogP contribution in [0.2, 0.25) is 0 Å². The Bertz CT molecular complexity index is 753.